The van der Waals surface area contributed by atoms with E-state index >= 15 is 0 Å². The number of allylic oxidation sites excluding steroid dienone is 2. The highest BCUT2D eigenvalue weighted by atomic mass is 127. The van der Waals surface area contributed by atoms with Gasteiger partial charge in [0.15, 0.2) is 11.0 Å². The number of ether oxygens (including phenoxy) is 1. The molecule has 1 heterocycles. The third-order valence-electron chi connectivity index (χ3n) is 4.98. The van der Waals surface area contributed by atoms with E-state index in [4.69, 9.17) is 4.74 Å². The number of rotatable bonds is 7. The second-order valence-corrected chi connectivity index (χ2v) is 6.77. The minimum atomic E-state index is -0.481. The Kier molecular flexibility index (Phi) is 7.90. The minimum absolute atomic E-state index is 0. The zero-order chi connectivity index (χ0) is 16.9. The summed E-state index contributed by atoms with van der Waals surface area (Å²) < 4.78 is 10.2. The van der Waals surface area contributed by atoms with E-state index in [9.17, 15) is 5.11 Å². The first kappa shape index (κ1) is 20.4. The zero-order valence-corrected chi connectivity index (χ0v) is 17.4. The SMILES string of the molecule is CCc1n(CC(O)COCC2CC=CCC2)c2ccccc2[n+]1C.[I-]. The van der Waals surface area contributed by atoms with Gasteiger partial charge in [-0.2, -0.15) is 0 Å². The lowest BCUT2D eigenvalue weighted by molar-refractivity contribution is -0.653. The Morgan fingerprint density at radius 2 is 2.12 bits per heavy atom. The lowest BCUT2D eigenvalue weighted by atomic mass is 9.95. The summed E-state index contributed by atoms with van der Waals surface area (Å²) in [7, 11) is 2.09. The van der Waals surface area contributed by atoms with Crippen molar-refractivity contribution in [3.63, 3.8) is 0 Å². The first-order valence-electron chi connectivity index (χ1n) is 9.07. The number of aliphatic hydroxyl groups is 1. The third kappa shape index (κ3) is 4.83. The van der Waals surface area contributed by atoms with Crippen molar-refractivity contribution in [1.29, 1.82) is 0 Å². The van der Waals surface area contributed by atoms with Gasteiger partial charge in [0.25, 0.3) is 5.82 Å². The van der Waals surface area contributed by atoms with Crippen LogP contribution in [0.5, 0.6) is 0 Å². The van der Waals surface area contributed by atoms with Crippen molar-refractivity contribution in [2.24, 2.45) is 13.0 Å². The molecular formula is C20H29IN2O2. The highest BCUT2D eigenvalue weighted by Crippen LogP contribution is 2.19. The number of aliphatic hydroxyl groups excluding tert-OH is 1. The molecule has 2 aromatic rings. The molecule has 0 bridgehead atoms. The van der Waals surface area contributed by atoms with Crippen LogP contribution in [0.1, 0.15) is 32.0 Å². The summed E-state index contributed by atoms with van der Waals surface area (Å²) in [5, 5.41) is 10.5. The summed E-state index contributed by atoms with van der Waals surface area (Å²) in [4.78, 5) is 0. The highest BCUT2D eigenvalue weighted by molar-refractivity contribution is 5.72. The minimum Gasteiger partial charge on any atom is -1.00 e. The molecule has 1 aromatic heterocycles. The predicted octanol–water partition coefficient (Wildman–Crippen LogP) is -0.234. The van der Waals surface area contributed by atoms with Gasteiger partial charge in [0.05, 0.1) is 13.7 Å². The fourth-order valence-electron chi connectivity index (χ4n) is 3.71. The number of halogens is 1. The van der Waals surface area contributed by atoms with E-state index in [2.05, 4.69) is 59.5 Å². The molecule has 0 amide bonds. The average Bonchev–Trinajstić information content (AvgIpc) is 2.88. The number of fused-ring (bicyclic) bond motifs is 1. The lowest BCUT2D eigenvalue weighted by Crippen LogP contribution is -3.00. The smallest absolute Gasteiger partial charge is 0.256 e. The molecule has 5 heteroatoms. The van der Waals surface area contributed by atoms with Crippen LogP contribution >= 0.6 is 0 Å². The van der Waals surface area contributed by atoms with Crippen LogP contribution in [0.15, 0.2) is 36.4 Å². The number of imidazole rings is 1. The molecule has 25 heavy (non-hydrogen) atoms. The van der Waals surface area contributed by atoms with Crippen molar-refractivity contribution >= 4 is 11.0 Å². The first-order valence-corrected chi connectivity index (χ1v) is 9.07. The molecule has 2 unspecified atom stereocenters. The lowest BCUT2D eigenvalue weighted by Gasteiger charge is -2.18. The second-order valence-electron chi connectivity index (χ2n) is 6.77. The summed E-state index contributed by atoms with van der Waals surface area (Å²) in [5.41, 5.74) is 2.38. The summed E-state index contributed by atoms with van der Waals surface area (Å²) in [6, 6.07) is 8.36. The standard InChI is InChI=1S/C20H29N2O2.HI/c1-3-20-21(2)18-11-7-8-12-19(18)22(20)13-17(23)15-24-14-16-9-5-4-6-10-16;/h4-5,7-8,11-12,16-17,23H,3,6,9-10,13-15H2,1-2H3;1H/q+1;/p-1. The van der Waals surface area contributed by atoms with E-state index in [-0.39, 0.29) is 24.0 Å². The Morgan fingerprint density at radius 3 is 2.84 bits per heavy atom. The van der Waals surface area contributed by atoms with Crippen LogP contribution in [-0.2, 0) is 24.8 Å². The van der Waals surface area contributed by atoms with Crippen LogP contribution in [-0.4, -0.2) is 29.0 Å². The zero-order valence-electron chi connectivity index (χ0n) is 15.2. The molecule has 0 spiro atoms. The number of para-hydroxylation sites is 2. The van der Waals surface area contributed by atoms with Crippen LogP contribution in [0, 0.1) is 5.92 Å². The van der Waals surface area contributed by atoms with E-state index in [0.29, 0.717) is 19.1 Å². The van der Waals surface area contributed by atoms with Crippen LogP contribution in [0.2, 0.25) is 0 Å². The van der Waals surface area contributed by atoms with E-state index in [1.165, 1.54) is 23.3 Å². The van der Waals surface area contributed by atoms with Gasteiger partial charge < -0.3 is 33.8 Å². The topological polar surface area (TPSA) is 38.3 Å². The maximum absolute atomic E-state index is 10.5. The Hall–Kier alpha value is -0.920. The number of aryl methyl sites for hydroxylation is 1. The normalized spacial score (nSPS) is 18.3. The van der Waals surface area contributed by atoms with Crippen molar-refractivity contribution in [2.75, 3.05) is 13.2 Å². The fraction of sp³-hybridized carbons (Fsp3) is 0.550. The molecule has 2 atom stereocenters. The predicted molar refractivity (Wildman–Crippen MR) is 95.8 cm³/mol. The Bertz CT molecular complexity index is 711. The largest absolute Gasteiger partial charge is 1.00 e. The second kappa shape index (κ2) is 9.69. The summed E-state index contributed by atoms with van der Waals surface area (Å²) in [6.07, 6.45) is 8.40. The number of hydrogen-bond acceptors (Lipinski definition) is 2. The summed E-state index contributed by atoms with van der Waals surface area (Å²) in [5.74, 6) is 1.84. The Morgan fingerprint density at radius 1 is 1.32 bits per heavy atom. The van der Waals surface area contributed by atoms with Crippen molar-refractivity contribution < 1.29 is 38.4 Å². The van der Waals surface area contributed by atoms with Gasteiger partial charge in [-0.3, -0.25) is 0 Å². The molecule has 138 valence electrons. The van der Waals surface area contributed by atoms with Gasteiger partial charge in [-0.05, 0) is 37.3 Å². The number of aromatic nitrogens is 2. The van der Waals surface area contributed by atoms with Crippen LogP contribution in [0.4, 0.5) is 0 Å². The van der Waals surface area contributed by atoms with E-state index < -0.39 is 6.10 Å². The van der Waals surface area contributed by atoms with Gasteiger partial charge in [0.1, 0.15) is 12.6 Å². The van der Waals surface area contributed by atoms with Crippen LogP contribution in [0.3, 0.4) is 0 Å². The number of nitrogens with zero attached hydrogens (tertiary/aromatic N) is 2. The average molecular weight is 456 g/mol. The van der Waals surface area contributed by atoms with Crippen LogP contribution in [0.25, 0.3) is 11.0 Å². The Balaban J connectivity index is 0.00000225. The third-order valence-corrected chi connectivity index (χ3v) is 4.98. The monoisotopic (exact) mass is 456 g/mol. The molecule has 1 N–H and O–H groups in total. The molecule has 0 aliphatic heterocycles. The van der Waals surface area contributed by atoms with Crippen molar-refractivity contribution in [3.8, 4) is 0 Å². The molecule has 0 fully saturated rings. The molecule has 1 aliphatic carbocycles. The number of benzene rings is 1. The Labute approximate surface area is 167 Å². The van der Waals surface area contributed by atoms with Gasteiger partial charge in [0, 0.05) is 13.0 Å². The van der Waals surface area contributed by atoms with Crippen LogP contribution < -0.4 is 28.5 Å². The maximum Gasteiger partial charge on any atom is 0.256 e. The van der Waals surface area contributed by atoms with Gasteiger partial charge >= 0.3 is 0 Å². The molecule has 0 saturated heterocycles. The van der Waals surface area contributed by atoms with Crippen molar-refractivity contribution in [1.82, 2.24) is 4.57 Å². The molecule has 1 aliphatic rings. The molecule has 4 nitrogen and oxygen atoms in total. The molecular weight excluding hydrogens is 427 g/mol. The van der Waals surface area contributed by atoms with E-state index in [0.717, 1.165) is 25.9 Å². The molecule has 0 saturated carbocycles. The molecule has 3 rings (SSSR count). The van der Waals surface area contributed by atoms with Gasteiger partial charge in [0.2, 0.25) is 0 Å². The van der Waals surface area contributed by atoms with Crippen molar-refractivity contribution in [2.45, 2.75) is 45.3 Å². The highest BCUT2D eigenvalue weighted by Gasteiger charge is 2.23. The maximum atomic E-state index is 10.5. The van der Waals surface area contributed by atoms with Gasteiger partial charge in [-0.1, -0.05) is 31.2 Å². The number of hydrogen-bond donors (Lipinski definition) is 1. The van der Waals surface area contributed by atoms with Gasteiger partial charge in [-0.15, -0.1) is 0 Å². The summed E-state index contributed by atoms with van der Waals surface area (Å²) >= 11 is 0. The van der Waals surface area contributed by atoms with E-state index in [1.807, 2.05) is 0 Å². The summed E-state index contributed by atoms with van der Waals surface area (Å²) in [6.45, 7) is 3.89. The van der Waals surface area contributed by atoms with Gasteiger partial charge in [-0.25, -0.2) is 9.13 Å². The van der Waals surface area contributed by atoms with E-state index in [1.54, 1.807) is 0 Å². The molecule has 0 radical (unpaired) electrons. The molecule has 1 aromatic carbocycles. The first-order chi connectivity index (χ1) is 11.7. The fourth-order valence-corrected chi connectivity index (χ4v) is 3.71. The quantitative estimate of drug-likeness (QED) is 0.355. The van der Waals surface area contributed by atoms with Crippen molar-refractivity contribution in [3.05, 3.63) is 42.2 Å².